The summed E-state index contributed by atoms with van der Waals surface area (Å²) in [6, 6.07) is 12.5. The van der Waals surface area contributed by atoms with E-state index in [0.717, 1.165) is 0 Å². The molecule has 10 heteroatoms. The van der Waals surface area contributed by atoms with Crippen LogP contribution in [-0.2, 0) is 22.3 Å². The quantitative estimate of drug-likeness (QED) is 0.296. The zero-order chi connectivity index (χ0) is 24.2. The molecule has 0 bridgehead atoms. The third-order valence-corrected chi connectivity index (χ3v) is 4.94. The summed E-state index contributed by atoms with van der Waals surface area (Å²) in [5.41, 5.74) is -0.441. The van der Waals surface area contributed by atoms with Crippen molar-refractivity contribution in [2.75, 3.05) is 0 Å². The van der Waals surface area contributed by atoms with Crippen molar-refractivity contribution in [2.24, 2.45) is 0 Å². The molecule has 0 amide bonds. The van der Waals surface area contributed by atoms with Gasteiger partial charge in [-0.25, -0.2) is 4.79 Å². The molecule has 0 radical (unpaired) electrons. The van der Waals surface area contributed by atoms with E-state index in [2.05, 4.69) is 11.6 Å². The van der Waals surface area contributed by atoms with Gasteiger partial charge in [0.05, 0.1) is 26.9 Å². The molecule has 1 N–H and O–H groups in total. The molecular formula is C23H16Cl2F3NO4. The fraction of sp³-hybridized carbons (Fsp3) is 0.130. The highest BCUT2D eigenvalue weighted by atomic mass is 35.5. The number of nitrogens with zero attached hydrogens (tertiary/aromatic N) is 1. The Morgan fingerprint density at radius 3 is 2.39 bits per heavy atom. The Balaban J connectivity index is 1.67. The Kier molecular flexibility index (Phi) is 7.63. The van der Waals surface area contributed by atoms with E-state index in [1.807, 2.05) is 0 Å². The van der Waals surface area contributed by atoms with Gasteiger partial charge in [0.25, 0.3) is 0 Å². The maximum absolute atomic E-state index is 12.9. The van der Waals surface area contributed by atoms with Crippen LogP contribution in [0.4, 0.5) is 13.2 Å². The van der Waals surface area contributed by atoms with E-state index in [1.165, 1.54) is 18.3 Å². The van der Waals surface area contributed by atoms with E-state index in [4.69, 9.17) is 32.7 Å². The van der Waals surface area contributed by atoms with E-state index in [0.29, 0.717) is 17.7 Å². The average Bonchev–Trinajstić information content (AvgIpc) is 2.79. The summed E-state index contributed by atoms with van der Waals surface area (Å²) in [4.78, 5) is 16.2. The van der Waals surface area contributed by atoms with Crippen LogP contribution in [-0.4, -0.2) is 16.1 Å². The first kappa shape index (κ1) is 24.6. The number of aliphatic hydroxyl groups excluding tert-OH is 1. The molecule has 172 valence electrons. The third-order valence-electron chi connectivity index (χ3n) is 4.37. The van der Waals surface area contributed by atoms with Crippen LogP contribution < -0.4 is 4.74 Å². The van der Waals surface area contributed by atoms with Gasteiger partial charge in [0.1, 0.15) is 18.5 Å². The fourth-order valence-corrected chi connectivity index (χ4v) is 3.27. The Morgan fingerprint density at radius 1 is 1.09 bits per heavy atom. The topological polar surface area (TPSA) is 68.7 Å². The molecule has 1 heterocycles. The number of benzene rings is 2. The van der Waals surface area contributed by atoms with Gasteiger partial charge in [-0.05, 0) is 42.0 Å². The number of halogens is 5. The zero-order valence-corrected chi connectivity index (χ0v) is 18.3. The third kappa shape index (κ3) is 6.25. The van der Waals surface area contributed by atoms with Gasteiger partial charge in [-0.2, -0.15) is 13.2 Å². The summed E-state index contributed by atoms with van der Waals surface area (Å²) in [6.45, 7) is 3.38. The summed E-state index contributed by atoms with van der Waals surface area (Å²) in [6.07, 6.45) is -4.46. The predicted molar refractivity (Wildman–Crippen MR) is 116 cm³/mol. The Labute approximate surface area is 197 Å². The Morgan fingerprint density at radius 2 is 1.79 bits per heavy atom. The van der Waals surface area contributed by atoms with Crippen LogP contribution in [0.25, 0.3) is 0 Å². The highest BCUT2D eigenvalue weighted by Crippen LogP contribution is 2.41. The minimum absolute atomic E-state index is 0.146. The van der Waals surface area contributed by atoms with Gasteiger partial charge in [-0.3, -0.25) is 4.98 Å². The zero-order valence-electron chi connectivity index (χ0n) is 16.8. The molecule has 0 aliphatic rings. The standard InChI is InChI=1S/C23H16Cl2F3NO4/c1-13(20(30)19-7-2-3-8-29-19)22(31)32-12-14-5-4-6-16(9-14)33-21-17(24)10-15(11-18(21)25)23(26,27)28/h2-11,20,30H,1,12H2. The highest BCUT2D eigenvalue weighted by molar-refractivity contribution is 6.37. The minimum atomic E-state index is -4.61. The molecule has 1 unspecified atom stereocenters. The molecule has 0 saturated carbocycles. The number of ether oxygens (including phenoxy) is 2. The Hall–Kier alpha value is -3.07. The first-order valence-electron chi connectivity index (χ1n) is 9.34. The van der Waals surface area contributed by atoms with E-state index in [-0.39, 0.29) is 39.4 Å². The van der Waals surface area contributed by atoms with Crippen molar-refractivity contribution >= 4 is 29.2 Å². The number of hydrogen-bond acceptors (Lipinski definition) is 5. The second kappa shape index (κ2) is 10.2. The number of rotatable bonds is 7. The molecular weight excluding hydrogens is 482 g/mol. The van der Waals surface area contributed by atoms with Crippen molar-refractivity contribution in [1.29, 1.82) is 0 Å². The summed E-state index contributed by atoms with van der Waals surface area (Å²) >= 11 is 11.9. The number of alkyl halides is 3. The number of pyridine rings is 1. The number of carbonyl (C=O) groups is 1. The second-order valence-electron chi connectivity index (χ2n) is 6.77. The maximum atomic E-state index is 12.9. The smallest absolute Gasteiger partial charge is 0.416 e. The van der Waals surface area contributed by atoms with Crippen LogP contribution in [0, 0.1) is 0 Å². The van der Waals surface area contributed by atoms with Crippen molar-refractivity contribution in [3.05, 3.63) is 99.8 Å². The molecule has 1 aromatic heterocycles. The molecule has 33 heavy (non-hydrogen) atoms. The van der Waals surface area contributed by atoms with Gasteiger partial charge in [0.15, 0.2) is 5.75 Å². The lowest BCUT2D eigenvalue weighted by Crippen LogP contribution is -2.14. The largest absolute Gasteiger partial charge is 0.457 e. The summed E-state index contributed by atoms with van der Waals surface area (Å²) in [7, 11) is 0. The lowest BCUT2D eigenvalue weighted by molar-refractivity contribution is -0.141. The number of carbonyl (C=O) groups excluding carboxylic acids is 1. The first-order chi connectivity index (χ1) is 15.6. The number of esters is 1. The van der Waals surface area contributed by atoms with Crippen LogP contribution in [0.5, 0.6) is 11.5 Å². The van der Waals surface area contributed by atoms with Gasteiger partial charge in [-0.1, -0.05) is 48.0 Å². The normalized spacial score (nSPS) is 12.2. The number of hydrogen-bond donors (Lipinski definition) is 1. The molecule has 2 aromatic carbocycles. The van der Waals surface area contributed by atoms with E-state index < -0.39 is 23.8 Å². The van der Waals surface area contributed by atoms with E-state index >= 15 is 0 Å². The van der Waals surface area contributed by atoms with Crippen LogP contribution in [0.15, 0.2) is 72.9 Å². The highest BCUT2D eigenvalue weighted by Gasteiger charge is 2.32. The SMILES string of the molecule is C=C(C(=O)OCc1cccc(Oc2c(Cl)cc(C(F)(F)F)cc2Cl)c1)C(O)c1ccccn1. The molecule has 3 rings (SSSR count). The molecule has 3 aromatic rings. The summed E-state index contributed by atoms with van der Waals surface area (Å²) in [5, 5.41) is 9.58. The summed E-state index contributed by atoms with van der Waals surface area (Å²) in [5.74, 6) is -0.764. The lowest BCUT2D eigenvalue weighted by atomic mass is 10.1. The molecule has 0 saturated heterocycles. The molecule has 0 spiro atoms. The molecule has 0 aliphatic heterocycles. The van der Waals surface area contributed by atoms with Gasteiger partial charge >= 0.3 is 12.1 Å². The number of aromatic nitrogens is 1. The van der Waals surface area contributed by atoms with Crippen molar-refractivity contribution in [3.8, 4) is 11.5 Å². The molecule has 0 aliphatic carbocycles. The van der Waals surface area contributed by atoms with Crippen LogP contribution >= 0.6 is 23.2 Å². The average molecular weight is 498 g/mol. The summed E-state index contributed by atoms with van der Waals surface area (Å²) < 4.78 is 49.4. The van der Waals surface area contributed by atoms with Crippen molar-refractivity contribution in [3.63, 3.8) is 0 Å². The predicted octanol–water partition coefficient (Wildman–Crippen LogP) is 6.53. The van der Waals surface area contributed by atoms with Crippen molar-refractivity contribution < 1.29 is 32.5 Å². The minimum Gasteiger partial charge on any atom is -0.457 e. The van der Waals surface area contributed by atoms with Crippen LogP contribution in [0.2, 0.25) is 10.0 Å². The van der Waals surface area contributed by atoms with Gasteiger partial charge in [-0.15, -0.1) is 0 Å². The molecule has 0 fully saturated rings. The maximum Gasteiger partial charge on any atom is 0.416 e. The van der Waals surface area contributed by atoms with Crippen LogP contribution in [0.3, 0.4) is 0 Å². The Bertz CT molecular complexity index is 1150. The monoisotopic (exact) mass is 497 g/mol. The lowest BCUT2D eigenvalue weighted by Gasteiger charge is -2.14. The molecule has 1 atom stereocenters. The van der Waals surface area contributed by atoms with E-state index in [1.54, 1.807) is 30.3 Å². The van der Waals surface area contributed by atoms with Gasteiger partial charge in [0.2, 0.25) is 0 Å². The molecule has 5 nitrogen and oxygen atoms in total. The first-order valence-corrected chi connectivity index (χ1v) is 10.1. The number of aliphatic hydroxyl groups is 1. The van der Waals surface area contributed by atoms with Crippen molar-refractivity contribution in [1.82, 2.24) is 4.98 Å². The second-order valence-corrected chi connectivity index (χ2v) is 7.59. The van der Waals surface area contributed by atoms with Gasteiger partial charge < -0.3 is 14.6 Å². The van der Waals surface area contributed by atoms with E-state index in [9.17, 15) is 23.1 Å². The van der Waals surface area contributed by atoms with Crippen LogP contribution in [0.1, 0.15) is 22.9 Å². The van der Waals surface area contributed by atoms with Crippen molar-refractivity contribution in [2.45, 2.75) is 18.9 Å². The fourth-order valence-electron chi connectivity index (χ4n) is 2.71. The van der Waals surface area contributed by atoms with Gasteiger partial charge in [0, 0.05) is 6.20 Å².